The summed E-state index contributed by atoms with van der Waals surface area (Å²) in [5.74, 6) is 0. The number of halogens is 1. The van der Waals surface area contributed by atoms with Crippen LogP contribution in [0.4, 0.5) is 0 Å². The second-order valence-corrected chi connectivity index (χ2v) is 5.88. The number of benzene rings is 1. The lowest BCUT2D eigenvalue weighted by atomic mass is 10.1. The minimum Gasteiger partial charge on any atom is -0.390 e. The van der Waals surface area contributed by atoms with Gasteiger partial charge in [0.05, 0.1) is 6.10 Å². The molecule has 1 saturated carbocycles. The lowest BCUT2D eigenvalue weighted by Crippen LogP contribution is -2.38. The molecule has 106 valence electrons. The first-order valence-corrected chi connectivity index (χ1v) is 7.32. The molecule has 1 aromatic rings. The number of nitrogens with zero attached hydrogens (tertiary/aromatic N) is 1. The van der Waals surface area contributed by atoms with Crippen LogP contribution < -0.4 is 5.32 Å². The van der Waals surface area contributed by atoms with Crippen molar-refractivity contribution in [2.24, 2.45) is 0 Å². The summed E-state index contributed by atoms with van der Waals surface area (Å²) in [6.45, 7) is 3.43. The highest BCUT2D eigenvalue weighted by atomic mass is 35.5. The van der Waals surface area contributed by atoms with Crippen LogP contribution in [0, 0.1) is 0 Å². The van der Waals surface area contributed by atoms with Crippen LogP contribution >= 0.6 is 11.6 Å². The Hall–Kier alpha value is -0.610. The van der Waals surface area contributed by atoms with E-state index in [2.05, 4.69) is 17.1 Å². The van der Waals surface area contributed by atoms with Gasteiger partial charge in [-0.25, -0.2) is 0 Å². The fourth-order valence-electron chi connectivity index (χ4n) is 2.20. The van der Waals surface area contributed by atoms with Crippen molar-refractivity contribution < 1.29 is 5.11 Å². The van der Waals surface area contributed by atoms with Crippen molar-refractivity contribution in [3.63, 3.8) is 0 Å². The smallest absolute Gasteiger partial charge is 0.0791 e. The number of aliphatic hydroxyl groups excluding tert-OH is 1. The Balaban J connectivity index is 1.84. The summed E-state index contributed by atoms with van der Waals surface area (Å²) in [4.78, 5) is 2.14. The summed E-state index contributed by atoms with van der Waals surface area (Å²) >= 11 is 6.21. The zero-order valence-corrected chi connectivity index (χ0v) is 12.4. The topological polar surface area (TPSA) is 35.5 Å². The van der Waals surface area contributed by atoms with Crippen molar-refractivity contribution in [1.29, 1.82) is 0 Å². The van der Waals surface area contributed by atoms with Gasteiger partial charge < -0.3 is 10.4 Å². The Kier molecular flexibility index (Phi) is 5.22. The van der Waals surface area contributed by atoms with Gasteiger partial charge in [0.15, 0.2) is 0 Å². The van der Waals surface area contributed by atoms with E-state index in [1.807, 2.05) is 31.3 Å². The van der Waals surface area contributed by atoms with Crippen LogP contribution in [-0.2, 0) is 0 Å². The number of hydrogen-bond acceptors (Lipinski definition) is 3. The van der Waals surface area contributed by atoms with E-state index in [1.165, 1.54) is 12.8 Å². The van der Waals surface area contributed by atoms with Crippen molar-refractivity contribution in [3.05, 3.63) is 34.9 Å². The van der Waals surface area contributed by atoms with Gasteiger partial charge in [0, 0.05) is 30.2 Å². The first-order valence-electron chi connectivity index (χ1n) is 6.94. The number of rotatable bonds is 7. The first-order chi connectivity index (χ1) is 9.08. The number of hydrogen-bond donors (Lipinski definition) is 2. The number of aliphatic hydroxyl groups is 1. The summed E-state index contributed by atoms with van der Waals surface area (Å²) in [6.07, 6.45) is 2.16. The minimum absolute atomic E-state index is 0.198. The number of nitrogens with one attached hydrogen (secondary N) is 1. The predicted octanol–water partition coefficient (Wildman–Crippen LogP) is 2.45. The van der Waals surface area contributed by atoms with E-state index in [4.69, 9.17) is 11.6 Å². The van der Waals surface area contributed by atoms with Crippen LogP contribution in [0.2, 0.25) is 5.02 Å². The van der Waals surface area contributed by atoms with E-state index in [0.717, 1.165) is 10.6 Å². The normalized spacial score (nSPS) is 18.6. The molecular formula is C15H23ClN2O. The third-order valence-corrected chi connectivity index (χ3v) is 4.08. The third kappa shape index (κ3) is 4.46. The maximum Gasteiger partial charge on any atom is 0.0791 e. The fourth-order valence-corrected chi connectivity index (χ4v) is 2.49. The molecule has 0 bridgehead atoms. The molecule has 2 unspecified atom stereocenters. The SMILES string of the molecule is CC(c1ccccc1Cl)N(C)CC(O)CNC1CC1. The first kappa shape index (κ1) is 14.8. The van der Waals surface area contributed by atoms with Crippen LogP contribution in [0.3, 0.4) is 0 Å². The van der Waals surface area contributed by atoms with Crippen LogP contribution in [0.1, 0.15) is 31.4 Å². The molecule has 4 heteroatoms. The van der Waals surface area contributed by atoms with E-state index in [9.17, 15) is 5.11 Å². The maximum atomic E-state index is 10.0. The summed E-state index contributed by atoms with van der Waals surface area (Å²) in [5, 5.41) is 14.2. The molecule has 0 heterocycles. The van der Waals surface area contributed by atoms with E-state index in [-0.39, 0.29) is 12.1 Å². The third-order valence-electron chi connectivity index (χ3n) is 3.73. The molecule has 1 aromatic carbocycles. The van der Waals surface area contributed by atoms with E-state index in [1.54, 1.807) is 0 Å². The van der Waals surface area contributed by atoms with Gasteiger partial charge in [0.2, 0.25) is 0 Å². The molecule has 1 aliphatic carbocycles. The molecule has 1 fully saturated rings. The Bertz CT molecular complexity index is 409. The van der Waals surface area contributed by atoms with Gasteiger partial charge in [-0.05, 0) is 38.4 Å². The average Bonchev–Trinajstić information content (AvgIpc) is 3.20. The summed E-state index contributed by atoms with van der Waals surface area (Å²) in [5.41, 5.74) is 1.11. The number of likely N-dealkylation sites (N-methyl/N-ethyl adjacent to an activating group) is 1. The average molecular weight is 283 g/mol. The molecule has 0 aromatic heterocycles. The molecule has 0 saturated heterocycles. The van der Waals surface area contributed by atoms with E-state index >= 15 is 0 Å². The van der Waals surface area contributed by atoms with Gasteiger partial charge in [-0.2, -0.15) is 0 Å². The monoisotopic (exact) mass is 282 g/mol. The molecule has 3 nitrogen and oxygen atoms in total. The highest BCUT2D eigenvalue weighted by Crippen LogP contribution is 2.26. The minimum atomic E-state index is -0.337. The van der Waals surface area contributed by atoms with Crippen molar-refractivity contribution in [2.45, 2.75) is 38.0 Å². The zero-order valence-electron chi connectivity index (χ0n) is 11.6. The van der Waals surface area contributed by atoms with Crippen LogP contribution in [0.15, 0.2) is 24.3 Å². The molecule has 0 spiro atoms. The fraction of sp³-hybridized carbons (Fsp3) is 0.600. The van der Waals surface area contributed by atoms with Gasteiger partial charge in [0.25, 0.3) is 0 Å². The van der Waals surface area contributed by atoms with Gasteiger partial charge in [-0.15, -0.1) is 0 Å². The maximum absolute atomic E-state index is 10.0. The van der Waals surface area contributed by atoms with E-state index < -0.39 is 0 Å². The Labute approximate surface area is 120 Å². The molecule has 19 heavy (non-hydrogen) atoms. The Morgan fingerprint density at radius 1 is 1.42 bits per heavy atom. The largest absolute Gasteiger partial charge is 0.390 e. The van der Waals surface area contributed by atoms with Crippen LogP contribution in [0.5, 0.6) is 0 Å². The lowest BCUT2D eigenvalue weighted by Gasteiger charge is -2.28. The van der Waals surface area contributed by atoms with Gasteiger partial charge in [0.1, 0.15) is 0 Å². The second-order valence-electron chi connectivity index (χ2n) is 5.47. The quantitative estimate of drug-likeness (QED) is 0.806. The molecule has 1 aliphatic rings. The molecule has 2 atom stereocenters. The van der Waals surface area contributed by atoms with Crippen LogP contribution in [-0.4, -0.2) is 42.3 Å². The second kappa shape index (κ2) is 6.71. The standard InChI is InChI=1S/C15H23ClN2O/c1-11(14-5-3-4-6-15(14)16)18(2)10-13(19)9-17-12-7-8-12/h3-6,11-13,17,19H,7-10H2,1-2H3. The van der Waals surface area contributed by atoms with Crippen molar-refractivity contribution in [3.8, 4) is 0 Å². The molecule has 0 aliphatic heterocycles. The molecular weight excluding hydrogens is 260 g/mol. The molecule has 0 radical (unpaired) electrons. The molecule has 2 rings (SSSR count). The summed E-state index contributed by atoms with van der Waals surface area (Å²) < 4.78 is 0. The summed E-state index contributed by atoms with van der Waals surface area (Å²) in [7, 11) is 2.02. The highest BCUT2D eigenvalue weighted by Gasteiger charge is 2.22. The molecule has 2 N–H and O–H groups in total. The van der Waals surface area contributed by atoms with Crippen LogP contribution in [0.25, 0.3) is 0 Å². The van der Waals surface area contributed by atoms with E-state index in [0.29, 0.717) is 19.1 Å². The van der Waals surface area contributed by atoms with Gasteiger partial charge in [-0.1, -0.05) is 29.8 Å². The van der Waals surface area contributed by atoms with Crippen molar-refractivity contribution >= 4 is 11.6 Å². The Morgan fingerprint density at radius 2 is 2.11 bits per heavy atom. The molecule has 0 amide bonds. The lowest BCUT2D eigenvalue weighted by molar-refractivity contribution is 0.106. The Morgan fingerprint density at radius 3 is 2.74 bits per heavy atom. The highest BCUT2D eigenvalue weighted by molar-refractivity contribution is 6.31. The summed E-state index contributed by atoms with van der Waals surface area (Å²) in [6, 6.07) is 8.72. The van der Waals surface area contributed by atoms with Gasteiger partial charge >= 0.3 is 0 Å². The van der Waals surface area contributed by atoms with Crippen molar-refractivity contribution in [2.75, 3.05) is 20.1 Å². The van der Waals surface area contributed by atoms with Crippen molar-refractivity contribution in [1.82, 2.24) is 10.2 Å². The zero-order chi connectivity index (χ0) is 13.8. The van der Waals surface area contributed by atoms with Gasteiger partial charge in [-0.3, -0.25) is 4.90 Å². The predicted molar refractivity (Wildman–Crippen MR) is 79.5 cm³/mol.